The van der Waals surface area contributed by atoms with Crippen LogP contribution in [-0.4, -0.2) is 48.1 Å². The molecule has 6 nitrogen and oxygen atoms in total. The molecule has 0 aliphatic carbocycles. The number of amides is 2. The number of carboxylic acids is 1. The SMILES string of the molecule is COCCCN1C(=O)C[C@](CC(=O)O)(c2ccccc2C)C1=O. The second kappa shape index (κ2) is 6.91. The number of carboxylic acid groups (broad SMARTS) is 1. The molecule has 1 aliphatic rings. The predicted molar refractivity (Wildman–Crippen MR) is 82.9 cm³/mol. The van der Waals surface area contributed by atoms with E-state index in [4.69, 9.17) is 4.74 Å². The Morgan fingerprint density at radius 2 is 2.04 bits per heavy atom. The second-order valence-corrected chi connectivity index (χ2v) is 5.84. The van der Waals surface area contributed by atoms with Gasteiger partial charge in [-0.1, -0.05) is 24.3 Å². The highest BCUT2D eigenvalue weighted by molar-refractivity contribution is 6.10. The average molecular weight is 319 g/mol. The van der Waals surface area contributed by atoms with Crippen LogP contribution < -0.4 is 0 Å². The van der Waals surface area contributed by atoms with Crippen LogP contribution in [0.4, 0.5) is 0 Å². The monoisotopic (exact) mass is 319 g/mol. The van der Waals surface area contributed by atoms with Crippen molar-refractivity contribution in [2.24, 2.45) is 0 Å². The van der Waals surface area contributed by atoms with E-state index < -0.39 is 17.3 Å². The van der Waals surface area contributed by atoms with Crippen LogP contribution in [0.3, 0.4) is 0 Å². The number of aliphatic carboxylic acids is 1. The fourth-order valence-electron chi connectivity index (χ4n) is 3.21. The number of imide groups is 1. The van der Waals surface area contributed by atoms with E-state index in [0.717, 1.165) is 5.56 Å². The lowest BCUT2D eigenvalue weighted by Gasteiger charge is -2.27. The Labute approximate surface area is 135 Å². The molecule has 2 rings (SSSR count). The van der Waals surface area contributed by atoms with E-state index in [1.54, 1.807) is 19.2 Å². The number of methoxy groups -OCH3 is 1. The third-order valence-electron chi connectivity index (χ3n) is 4.25. The van der Waals surface area contributed by atoms with Gasteiger partial charge in [-0.3, -0.25) is 19.3 Å². The van der Waals surface area contributed by atoms with Crippen molar-refractivity contribution in [1.29, 1.82) is 0 Å². The molecule has 1 atom stereocenters. The van der Waals surface area contributed by atoms with Crippen LogP contribution in [-0.2, 0) is 24.5 Å². The Bertz CT molecular complexity index is 627. The number of hydrogen-bond acceptors (Lipinski definition) is 4. The van der Waals surface area contributed by atoms with E-state index in [0.29, 0.717) is 18.6 Å². The van der Waals surface area contributed by atoms with Crippen LogP contribution >= 0.6 is 0 Å². The van der Waals surface area contributed by atoms with Gasteiger partial charge in [-0.15, -0.1) is 0 Å². The minimum atomic E-state index is -1.30. The lowest BCUT2D eigenvalue weighted by Crippen LogP contribution is -2.41. The van der Waals surface area contributed by atoms with Gasteiger partial charge in [0.05, 0.1) is 11.8 Å². The number of benzene rings is 1. The van der Waals surface area contributed by atoms with Gasteiger partial charge >= 0.3 is 5.97 Å². The van der Waals surface area contributed by atoms with Gasteiger partial charge in [0.15, 0.2) is 0 Å². The van der Waals surface area contributed by atoms with E-state index in [1.807, 2.05) is 19.1 Å². The summed E-state index contributed by atoms with van der Waals surface area (Å²) in [6.07, 6.45) is 0.0457. The number of likely N-dealkylation sites (tertiary alicyclic amines) is 1. The molecule has 1 aromatic carbocycles. The van der Waals surface area contributed by atoms with Crippen molar-refractivity contribution in [3.63, 3.8) is 0 Å². The van der Waals surface area contributed by atoms with E-state index in [1.165, 1.54) is 4.90 Å². The molecule has 1 heterocycles. The largest absolute Gasteiger partial charge is 0.481 e. The Kier molecular flexibility index (Phi) is 5.15. The van der Waals surface area contributed by atoms with E-state index in [9.17, 15) is 19.5 Å². The highest BCUT2D eigenvalue weighted by Crippen LogP contribution is 2.41. The molecule has 1 saturated heterocycles. The van der Waals surface area contributed by atoms with Crippen molar-refractivity contribution in [1.82, 2.24) is 4.90 Å². The minimum Gasteiger partial charge on any atom is -0.481 e. The lowest BCUT2D eigenvalue weighted by atomic mass is 9.74. The molecule has 2 amide bonds. The summed E-state index contributed by atoms with van der Waals surface area (Å²) in [6.45, 7) is 2.51. The van der Waals surface area contributed by atoms with Gasteiger partial charge in [0.1, 0.15) is 0 Å². The minimum absolute atomic E-state index is 0.101. The number of aryl methyl sites for hydroxylation is 1. The quantitative estimate of drug-likeness (QED) is 0.608. The third kappa shape index (κ3) is 3.27. The zero-order valence-electron chi connectivity index (χ0n) is 13.4. The van der Waals surface area contributed by atoms with Crippen LogP contribution in [0.5, 0.6) is 0 Å². The maximum absolute atomic E-state index is 12.9. The number of rotatable bonds is 7. The number of nitrogens with zero attached hydrogens (tertiary/aromatic N) is 1. The molecule has 1 fully saturated rings. The van der Waals surface area contributed by atoms with Crippen LogP contribution in [0.1, 0.15) is 30.4 Å². The van der Waals surface area contributed by atoms with Gasteiger partial charge in [-0.25, -0.2) is 0 Å². The van der Waals surface area contributed by atoms with Gasteiger partial charge in [0, 0.05) is 26.7 Å². The molecule has 0 aromatic heterocycles. The molecule has 0 unspecified atom stereocenters. The molecular formula is C17H21NO5. The van der Waals surface area contributed by atoms with Crippen molar-refractivity contribution < 1.29 is 24.2 Å². The van der Waals surface area contributed by atoms with Crippen molar-refractivity contribution >= 4 is 17.8 Å². The zero-order chi connectivity index (χ0) is 17.0. The van der Waals surface area contributed by atoms with Gasteiger partial charge < -0.3 is 9.84 Å². The molecule has 1 aliphatic heterocycles. The first-order valence-corrected chi connectivity index (χ1v) is 7.54. The first kappa shape index (κ1) is 17.1. The van der Waals surface area contributed by atoms with Crippen LogP contribution in [0.15, 0.2) is 24.3 Å². The second-order valence-electron chi connectivity index (χ2n) is 5.84. The summed E-state index contributed by atoms with van der Waals surface area (Å²) < 4.78 is 4.95. The zero-order valence-corrected chi connectivity index (χ0v) is 13.4. The van der Waals surface area contributed by atoms with Crippen molar-refractivity contribution in [3.8, 4) is 0 Å². The Morgan fingerprint density at radius 3 is 2.65 bits per heavy atom. The Balaban J connectivity index is 2.40. The summed E-state index contributed by atoms with van der Waals surface area (Å²) >= 11 is 0. The summed E-state index contributed by atoms with van der Waals surface area (Å²) in [6, 6.07) is 7.15. The average Bonchev–Trinajstić information content (AvgIpc) is 2.72. The summed E-state index contributed by atoms with van der Waals surface area (Å²) in [5.41, 5.74) is 0.130. The fraction of sp³-hybridized carbons (Fsp3) is 0.471. The molecule has 0 saturated carbocycles. The summed E-state index contributed by atoms with van der Waals surface area (Å²) in [4.78, 5) is 37.8. The highest BCUT2D eigenvalue weighted by atomic mass is 16.5. The maximum atomic E-state index is 12.9. The molecule has 0 radical (unpaired) electrons. The first-order chi connectivity index (χ1) is 10.9. The van der Waals surface area contributed by atoms with E-state index in [-0.39, 0.29) is 25.3 Å². The first-order valence-electron chi connectivity index (χ1n) is 7.54. The van der Waals surface area contributed by atoms with Crippen molar-refractivity contribution in [2.45, 2.75) is 31.6 Å². The third-order valence-corrected chi connectivity index (χ3v) is 4.25. The normalized spacial score (nSPS) is 21.0. The maximum Gasteiger partial charge on any atom is 0.304 e. The lowest BCUT2D eigenvalue weighted by molar-refractivity contribution is -0.145. The smallest absolute Gasteiger partial charge is 0.304 e. The van der Waals surface area contributed by atoms with Gasteiger partial charge in [0.25, 0.3) is 0 Å². The van der Waals surface area contributed by atoms with Gasteiger partial charge in [-0.05, 0) is 24.5 Å². The van der Waals surface area contributed by atoms with Gasteiger partial charge in [0.2, 0.25) is 11.8 Å². The number of hydrogen-bond donors (Lipinski definition) is 1. The summed E-state index contributed by atoms with van der Waals surface area (Å²) in [5, 5.41) is 9.29. The van der Waals surface area contributed by atoms with Crippen molar-refractivity contribution in [3.05, 3.63) is 35.4 Å². The molecule has 124 valence electrons. The predicted octanol–water partition coefficient (Wildman–Crippen LogP) is 1.50. The molecule has 0 spiro atoms. The van der Waals surface area contributed by atoms with Crippen LogP contribution in [0.25, 0.3) is 0 Å². The number of ether oxygens (including phenoxy) is 1. The molecule has 6 heteroatoms. The Hall–Kier alpha value is -2.21. The van der Waals surface area contributed by atoms with E-state index >= 15 is 0 Å². The topological polar surface area (TPSA) is 83.9 Å². The highest BCUT2D eigenvalue weighted by Gasteiger charge is 2.54. The molecule has 23 heavy (non-hydrogen) atoms. The molecular weight excluding hydrogens is 298 g/mol. The summed E-state index contributed by atoms with van der Waals surface area (Å²) in [5.74, 6) is -1.83. The summed E-state index contributed by atoms with van der Waals surface area (Å²) in [7, 11) is 1.55. The number of carbonyl (C=O) groups is 3. The van der Waals surface area contributed by atoms with Crippen LogP contribution in [0.2, 0.25) is 0 Å². The molecule has 0 bridgehead atoms. The Morgan fingerprint density at radius 1 is 1.35 bits per heavy atom. The van der Waals surface area contributed by atoms with Crippen LogP contribution in [0, 0.1) is 6.92 Å². The molecule has 1 N–H and O–H groups in total. The molecule has 1 aromatic rings. The van der Waals surface area contributed by atoms with Gasteiger partial charge in [-0.2, -0.15) is 0 Å². The number of carbonyl (C=O) groups excluding carboxylic acids is 2. The fourth-order valence-corrected chi connectivity index (χ4v) is 3.21. The van der Waals surface area contributed by atoms with Crippen molar-refractivity contribution in [2.75, 3.05) is 20.3 Å². The van der Waals surface area contributed by atoms with E-state index in [2.05, 4.69) is 0 Å². The standard InChI is InChI=1S/C17H21NO5/c1-12-6-3-4-7-13(12)17(11-15(20)21)10-14(19)18(16(17)22)8-5-9-23-2/h3-4,6-7H,5,8-11H2,1-2H3,(H,20,21)/t17-/m0/s1.